The van der Waals surface area contributed by atoms with E-state index in [4.69, 9.17) is 5.21 Å². The summed E-state index contributed by atoms with van der Waals surface area (Å²) in [6.45, 7) is 1.88. The summed E-state index contributed by atoms with van der Waals surface area (Å²) >= 11 is 0. The molecule has 0 heterocycles. The number of halogens is 2. The second-order valence-electron chi connectivity index (χ2n) is 7.92. The van der Waals surface area contributed by atoms with Gasteiger partial charge in [-0.25, -0.2) is 14.3 Å². The van der Waals surface area contributed by atoms with E-state index in [1.807, 2.05) is 48.6 Å². The molecule has 2 aromatic rings. The van der Waals surface area contributed by atoms with E-state index in [0.29, 0.717) is 5.56 Å². The molecule has 2 aromatic carbocycles. The van der Waals surface area contributed by atoms with Crippen LogP contribution < -0.4 is 21.0 Å². The predicted octanol–water partition coefficient (Wildman–Crippen LogP) is 1.92. The van der Waals surface area contributed by atoms with Crippen molar-refractivity contribution in [2.75, 3.05) is 19.0 Å². The number of rotatable bonds is 7. The highest BCUT2D eigenvalue weighted by atomic mass is 19.3. The van der Waals surface area contributed by atoms with Crippen LogP contribution in [0.3, 0.4) is 0 Å². The van der Waals surface area contributed by atoms with E-state index in [-0.39, 0.29) is 5.56 Å². The largest absolute Gasteiger partial charge is 0.378 e. The Bertz CT molecular complexity index is 1090. The molecule has 8 nitrogen and oxygen atoms in total. The summed E-state index contributed by atoms with van der Waals surface area (Å²) in [6.07, 6.45) is -3.23. The lowest BCUT2D eigenvalue weighted by Crippen LogP contribution is -2.68. The van der Waals surface area contributed by atoms with E-state index >= 15 is 0 Å². The van der Waals surface area contributed by atoms with Crippen molar-refractivity contribution < 1.29 is 28.4 Å². The first-order valence-electron chi connectivity index (χ1n) is 10.2. The Morgan fingerprint density at radius 3 is 1.88 bits per heavy atom. The quantitative estimate of drug-likeness (QED) is 0.280. The Balaban J connectivity index is 2.20. The SMILES string of the molecule is CC(=O)NC(C)(C(F)F)[C@H](NC(=O)c1ccc(C#Cc2ccc(N(C)C)cc2)cc1)C(=O)NO. The second kappa shape index (κ2) is 11.2. The van der Waals surface area contributed by atoms with Gasteiger partial charge in [0.1, 0.15) is 11.6 Å². The third-order valence-electron chi connectivity index (χ3n) is 5.03. The summed E-state index contributed by atoms with van der Waals surface area (Å²) in [7, 11) is 3.87. The highest BCUT2D eigenvalue weighted by molar-refractivity contribution is 5.98. The van der Waals surface area contributed by atoms with Gasteiger partial charge in [0, 0.05) is 43.4 Å². The number of nitrogens with one attached hydrogen (secondary N) is 3. The van der Waals surface area contributed by atoms with Crippen molar-refractivity contribution in [3.05, 3.63) is 65.2 Å². The number of hydroxylamine groups is 1. The lowest BCUT2D eigenvalue weighted by molar-refractivity contribution is -0.137. The lowest BCUT2D eigenvalue weighted by Gasteiger charge is -2.36. The molecule has 0 aliphatic carbocycles. The molecule has 0 fully saturated rings. The highest BCUT2D eigenvalue weighted by Crippen LogP contribution is 2.21. The number of hydrogen-bond acceptors (Lipinski definition) is 5. The molecule has 0 radical (unpaired) electrons. The topological polar surface area (TPSA) is 111 Å². The zero-order valence-electron chi connectivity index (χ0n) is 19.1. The molecule has 4 N–H and O–H groups in total. The van der Waals surface area contributed by atoms with Gasteiger partial charge in [0.05, 0.1) is 0 Å². The molecule has 2 rings (SSSR count). The molecule has 0 saturated carbocycles. The van der Waals surface area contributed by atoms with E-state index in [0.717, 1.165) is 25.1 Å². The molecule has 0 aliphatic heterocycles. The number of hydrogen-bond donors (Lipinski definition) is 4. The van der Waals surface area contributed by atoms with Crippen LogP contribution in [-0.2, 0) is 9.59 Å². The van der Waals surface area contributed by atoms with Gasteiger partial charge in [-0.2, -0.15) is 0 Å². The second-order valence-corrected chi connectivity index (χ2v) is 7.92. The molecule has 0 aliphatic rings. The number of benzene rings is 2. The molecule has 1 unspecified atom stereocenters. The van der Waals surface area contributed by atoms with Gasteiger partial charge in [0.15, 0.2) is 0 Å². The van der Waals surface area contributed by atoms with Crippen molar-refractivity contribution in [3.8, 4) is 11.8 Å². The normalized spacial score (nSPS) is 13.1. The molecule has 2 atom stereocenters. The summed E-state index contributed by atoms with van der Waals surface area (Å²) in [5, 5.41) is 13.1. The van der Waals surface area contributed by atoms with Crippen molar-refractivity contribution in [1.82, 2.24) is 16.1 Å². The van der Waals surface area contributed by atoms with E-state index in [2.05, 4.69) is 17.2 Å². The summed E-state index contributed by atoms with van der Waals surface area (Å²) in [4.78, 5) is 38.1. The van der Waals surface area contributed by atoms with Crippen LogP contribution in [0.2, 0.25) is 0 Å². The fourth-order valence-corrected chi connectivity index (χ4v) is 3.09. The monoisotopic (exact) mass is 472 g/mol. The number of amides is 3. The maximum Gasteiger partial charge on any atom is 0.268 e. The first-order valence-corrected chi connectivity index (χ1v) is 10.2. The van der Waals surface area contributed by atoms with E-state index in [1.165, 1.54) is 17.6 Å². The Labute approximate surface area is 196 Å². The van der Waals surface area contributed by atoms with E-state index < -0.39 is 35.7 Å². The summed E-state index contributed by atoms with van der Waals surface area (Å²) in [5.74, 6) is 2.96. The maximum absolute atomic E-state index is 13.7. The van der Waals surface area contributed by atoms with Gasteiger partial charge >= 0.3 is 0 Å². The van der Waals surface area contributed by atoms with Gasteiger partial charge < -0.3 is 15.5 Å². The van der Waals surface area contributed by atoms with Crippen molar-refractivity contribution in [2.45, 2.75) is 31.9 Å². The smallest absolute Gasteiger partial charge is 0.268 e. The average molecular weight is 472 g/mol. The van der Waals surface area contributed by atoms with E-state index in [9.17, 15) is 23.2 Å². The molecular weight excluding hydrogens is 446 g/mol. The first kappa shape index (κ1) is 26.3. The van der Waals surface area contributed by atoms with Gasteiger partial charge in [-0.1, -0.05) is 11.8 Å². The third-order valence-corrected chi connectivity index (χ3v) is 5.03. The lowest BCUT2D eigenvalue weighted by atomic mass is 9.91. The molecule has 180 valence electrons. The summed E-state index contributed by atoms with van der Waals surface area (Å²) in [5.41, 5.74) is 1.29. The van der Waals surface area contributed by atoms with Gasteiger partial charge in [0.25, 0.3) is 18.2 Å². The van der Waals surface area contributed by atoms with Crippen molar-refractivity contribution in [2.24, 2.45) is 0 Å². The average Bonchev–Trinajstić information content (AvgIpc) is 2.80. The van der Waals surface area contributed by atoms with Crippen LogP contribution in [-0.4, -0.2) is 55.0 Å². The Kier molecular flexibility index (Phi) is 8.70. The van der Waals surface area contributed by atoms with Crippen molar-refractivity contribution in [3.63, 3.8) is 0 Å². The zero-order valence-corrected chi connectivity index (χ0v) is 19.1. The molecule has 34 heavy (non-hydrogen) atoms. The van der Waals surface area contributed by atoms with Crippen LogP contribution in [0.15, 0.2) is 48.5 Å². The zero-order chi connectivity index (χ0) is 25.5. The molecule has 10 heteroatoms. The molecule has 0 aromatic heterocycles. The standard InChI is InChI=1S/C24H26F2N4O4/c1-15(31)28-24(2,23(25)26)20(22(33)29-34)27-21(32)18-11-7-16(8-12-18)5-6-17-9-13-19(14-10-17)30(3)4/h7-14,20,23,34H,1-4H3,(H,27,32)(H,28,31)(H,29,33)/t20-,24?/m1/s1. The molecular formula is C24H26F2N4O4. The Morgan fingerprint density at radius 1 is 0.971 bits per heavy atom. The van der Waals surface area contributed by atoms with Crippen LogP contribution in [0.5, 0.6) is 0 Å². The van der Waals surface area contributed by atoms with Crippen LogP contribution >= 0.6 is 0 Å². The predicted molar refractivity (Wildman–Crippen MR) is 123 cm³/mol. The number of carbonyl (C=O) groups is 3. The first-order chi connectivity index (χ1) is 16.0. The molecule has 0 saturated heterocycles. The summed E-state index contributed by atoms with van der Waals surface area (Å²) in [6, 6.07) is 11.6. The molecule has 0 bridgehead atoms. The number of alkyl halides is 2. The third kappa shape index (κ3) is 6.52. The van der Waals surface area contributed by atoms with Crippen LogP contribution in [0.4, 0.5) is 14.5 Å². The minimum atomic E-state index is -3.23. The number of anilines is 1. The molecule has 3 amide bonds. The Morgan fingerprint density at radius 2 is 1.47 bits per heavy atom. The minimum Gasteiger partial charge on any atom is -0.378 e. The van der Waals surface area contributed by atoms with Gasteiger partial charge in [-0.3, -0.25) is 19.6 Å². The maximum atomic E-state index is 13.7. The van der Waals surface area contributed by atoms with Crippen molar-refractivity contribution >= 4 is 23.4 Å². The molecule has 0 spiro atoms. The van der Waals surface area contributed by atoms with Crippen LogP contribution in [0.1, 0.15) is 35.3 Å². The fraction of sp³-hybridized carbons (Fsp3) is 0.292. The van der Waals surface area contributed by atoms with Crippen molar-refractivity contribution in [1.29, 1.82) is 0 Å². The number of carbonyl (C=O) groups excluding carboxylic acids is 3. The highest BCUT2D eigenvalue weighted by Gasteiger charge is 2.48. The number of nitrogens with zero attached hydrogens (tertiary/aromatic N) is 1. The minimum absolute atomic E-state index is 0.0658. The van der Waals surface area contributed by atoms with Gasteiger partial charge in [-0.05, 0) is 55.5 Å². The van der Waals surface area contributed by atoms with Gasteiger partial charge in [-0.15, -0.1) is 0 Å². The van der Waals surface area contributed by atoms with E-state index in [1.54, 1.807) is 12.1 Å². The van der Waals surface area contributed by atoms with Crippen LogP contribution in [0.25, 0.3) is 0 Å². The summed E-state index contributed by atoms with van der Waals surface area (Å²) < 4.78 is 27.5. The Hall–Kier alpha value is -3.97. The van der Waals surface area contributed by atoms with Gasteiger partial charge in [0.2, 0.25) is 5.91 Å². The fourth-order valence-electron chi connectivity index (χ4n) is 3.09. The van der Waals surface area contributed by atoms with Crippen LogP contribution in [0, 0.1) is 11.8 Å².